The molecule has 1 aliphatic rings. The Kier molecular flexibility index (Phi) is 7.19. The Balaban J connectivity index is 1.62. The molecule has 180 valence electrons. The quantitative estimate of drug-likeness (QED) is 0.246. The molecule has 0 bridgehead atoms. The Bertz CT molecular complexity index is 1430. The predicted octanol–water partition coefficient (Wildman–Crippen LogP) is 7.99. The van der Waals surface area contributed by atoms with Gasteiger partial charge in [-0.1, -0.05) is 85.8 Å². The lowest BCUT2D eigenvalue weighted by Crippen LogP contribution is -2.32. The van der Waals surface area contributed by atoms with Crippen LogP contribution >= 0.6 is 11.8 Å². The molecule has 1 atom stereocenters. The highest BCUT2D eigenvalue weighted by Gasteiger charge is 2.37. The molecular weight excluding hydrogens is 464 g/mol. The molecule has 1 fully saturated rings. The lowest BCUT2D eigenvalue weighted by molar-refractivity contribution is -0.123. The van der Waals surface area contributed by atoms with Gasteiger partial charge in [-0.25, -0.2) is 4.99 Å². The standard InChI is InChI=1S/C31H28N2O2S/c1-3-20-35-28-19-18-24-14-10-11-17-26(24)27(28)21-29-30(34)33(22(2)23-12-6-4-7-13-23)31(36-29)32-25-15-8-5-9-16-25/h4-19,21-22H,3,20H2,1-2H3/b29-21+,32-31?/t22-/m1/s1. The summed E-state index contributed by atoms with van der Waals surface area (Å²) in [6.45, 7) is 4.75. The van der Waals surface area contributed by atoms with Crippen LogP contribution in [-0.4, -0.2) is 22.6 Å². The average Bonchev–Trinajstić information content (AvgIpc) is 3.22. The fourth-order valence-electron chi connectivity index (χ4n) is 4.29. The van der Waals surface area contributed by atoms with E-state index in [0.717, 1.165) is 39.8 Å². The second-order valence-electron chi connectivity index (χ2n) is 8.65. The third-order valence-electron chi connectivity index (χ3n) is 6.15. The van der Waals surface area contributed by atoms with E-state index in [1.54, 1.807) is 4.90 Å². The predicted molar refractivity (Wildman–Crippen MR) is 151 cm³/mol. The lowest BCUT2D eigenvalue weighted by Gasteiger charge is -2.24. The number of rotatable bonds is 7. The maximum atomic E-state index is 13.9. The van der Waals surface area contributed by atoms with E-state index in [-0.39, 0.29) is 11.9 Å². The molecule has 5 heteroatoms. The molecular formula is C31H28N2O2S. The number of nitrogens with zero attached hydrogens (tertiary/aromatic N) is 2. The zero-order valence-corrected chi connectivity index (χ0v) is 21.2. The summed E-state index contributed by atoms with van der Waals surface area (Å²) in [5.74, 6) is 0.730. The molecule has 0 saturated carbocycles. The maximum absolute atomic E-state index is 13.9. The average molecular weight is 493 g/mol. The van der Waals surface area contributed by atoms with E-state index in [4.69, 9.17) is 9.73 Å². The van der Waals surface area contributed by atoms with Crippen molar-refractivity contribution in [3.63, 3.8) is 0 Å². The first-order valence-corrected chi connectivity index (χ1v) is 13.0. The van der Waals surface area contributed by atoms with E-state index in [1.165, 1.54) is 11.8 Å². The zero-order valence-electron chi connectivity index (χ0n) is 20.4. The summed E-state index contributed by atoms with van der Waals surface area (Å²) in [6.07, 6.45) is 2.88. The summed E-state index contributed by atoms with van der Waals surface area (Å²) in [7, 11) is 0. The largest absolute Gasteiger partial charge is 0.493 e. The van der Waals surface area contributed by atoms with Crippen LogP contribution < -0.4 is 4.74 Å². The highest BCUT2D eigenvalue weighted by molar-refractivity contribution is 8.18. The number of fused-ring (bicyclic) bond motifs is 1. The van der Waals surface area contributed by atoms with Gasteiger partial charge in [-0.3, -0.25) is 9.69 Å². The SMILES string of the molecule is CCCOc1ccc2ccccc2c1/C=C1/SC(=Nc2ccccc2)N([C@H](C)c2ccccc2)C1=O. The van der Waals surface area contributed by atoms with E-state index < -0.39 is 0 Å². The Morgan fingerprint density at radius 1 is 0.917 bits per heavy atom. The van der Waals surface area contributed by atoms with Gasteiger partial charge in [-0.15, -0.1) is 0 Å². The van der Waals surface area contributed by atoms with Crippen LogP contribution in [0.15, 0.2) is 107 Å². The van der Waals surface area contributed by atoms with Crippen LogP contribution in [0.1, 0.15) is 37.4 Å². The molecule has 4 aromatic rings. The van der Waals surface area contributed by atoms with Gasteiger partial charge in [0.25, 0.3) is 5.91 Å². The maximum Gasteiger partial charge on any atom is 0.267 e. The summed E-state index contributed by atoms with van der Waals surface area (Å²) < 4.78 is 6.10. The van der Waals surface area contributed by atoms with Crippen LogP contribution in [0.25, 0.3) is 16.8 Å². The van der Waals surface area contributed by atoms with Gasteiger partial charge in [0.05, 0.1) is 23.2 Å². The molecule has 5 rings (SSSR count). The highest BCUT2D eigenvalue weighted by atomic mass is 32.2. The van der Waals surface area contributed by atoms with Gasteiger partial charge < -0.3 is 4.74 Å². The molecule has 0 unspecified atom stereocenters. The number of para-hydroxylation sites is 1. The van der Waals surface area contributed by atoms with Crippen LogP contribution in [-0.2, 0) is 4.79 Å². The molecule has 4 aromatic carbocycles. The third-order valence-corrected chi connectivity index (χ3v) is 7.14. The molecule has 1 aliphatic heterocycles. The van der Waals surface area contributed by atoms with Crippen LogP contribution in [0.4, 0.5) is 5.69 Å². The Labute approximate surface area is 216 Å². The summed E-state index contributed by atoms with van der Waals surface area (Å²) in [4.78, 5) is 21.2. The van der Waals surface area contributed by atoms with Crippen LogP contribution in [0.5, 0.6) is 5.75 Å². The number of amidine groups is 1. The minimum Gasteiger partial charge on any atom is -0.493 e. The van der Waals surface area contributed by atoms with E-state index in [1.807, 2.05) is 91.9 Å². The van der Waals surface area contributed by atoms with E-state index >= 15 is 0 Å². The fourth-order valence-corrected chi connectivity index (χ4v) is 5.34. The first-order valence-electron chi connectivity index (χ1n) is 12.2. The molecule has 1 saturated heterocycles. The second kappa shape index (κ2) is 10.8. The number of thioether (sulfide) groups is 1. The van der Waals surface area contributed by atoms with Gasteiger partial charge >= 0.3 is 0 Å². The Morgan fingerprint density at radius 2 is 1.61 bits per heavy atom. The molecule has 1 amide bonds. The number of ether oxygens (including phenoxy) is 1. The first kappa shape index (κ1) is 23.9. The lowest BCUT2D eigenvalue weighted by atomic mass is 10.0. The van der Waals surface area contributed by atoms with Crippen molar-refractivity contribution in [2.45, 2.75) is 26.3 Å². The van der Waals surface area contributed by atoms with E-state index in [9.17, 15) is 4.79 Å². The molecule has 0 spiro atoms. The van der Waals surface area contributed by atoms with Crippen molar-refractivity contribution in [3.8, 4) is 5.75 Å². The van der Waals surface area contributed by atoms with Crippen molar-refractivity contribution in [1.82, 2.24) is 4.90 Å². The van der Waals surface area contributed by atoms with Gasteiger partial charge in [0.15, 0.2) is 5.17 Å². The van der Waals surface area contributed by atoms with Gasteiger partial charge in [-0.05, 0) is 65.7 Å². The molecule has 0 aliphatic carbocycles. The van der Waals surface area contributed by atoms with Crippen LogP contribution in [0, 0.1) is 0 Å². The van der Waals surface area contributed by atoms with Crippen LogP contribution in [0.2, 0.25) is 0 Å². The summed E-state index contributed by atoms with van der Waals surface area (Å²) in [5, 5.41) is 2.84. The minimum absolute atomic E-state index is 0.0552. The number of aliphatic imine (C=N–C) groups is 1. The smallest absolute Gasteiger partial charge is 0.267 e. The van der Waals surface area contributed by atoms with Crippen LogP contribution in [0.3, 0.4) is 0 Å². The summed E-state index contributed by atoms with van der Waals surface area (Å²) in [5.41, 5.74) is 2.80. The van der Waals surface area contributed by atoms with E-state index in [0.29, 0.717) is 16.7 Å². The van der Waals surface area contributed by atoms with Crippen molar-refractivity contribution in [2.24, 2.45) is 4.99 Å². The molecule has 0 radical (unpaired) electrons. The van der Waals surface area contributed by atoms with Gasteiger partial charge in [0, 0.05) is 5.56 Å². The topological polar surface area (TPSA) is 41.9 Å². The summed E-state index contributed by atoms with van der Waals surface area (Å²) >= 11 is 1.41. The van der Waals surface area contributed by atoms with E-state index in [2.05, 4.69) is 25.1 Å². The highest BCUT2D eigenvalue weighted by Crippen LogP contribution is 2.41. The third kappa shape index (κ3) is 4.93. The minimum atomic E-state index is -0.164. The first-order chi connectivity index (χ1) is 17.7. The number of carbonyl (C=O) groups excluding carboxylic acids is 1. The molecule has 0 aromatic heterocycles. The van der Waals surface area contributed by atoms with Crippen molar-refractivity contribution in [2.75, 3.05) is 6.61 Å². The molecule has 0 N–H and O–H groups in total. The normalized spacial score (nSPS) is 16.7. The van der Waals surface area contributed by atoms with Gasteiger partial charge in [0.1, 0.15) is 5.75 Å². The Hall–Kier alpha value is -3.83. The van der Waals surface area contributed by atoms with Gasteiger partial charge in [0.2, 0.25) is 0 Å². The number of hydrogen-bond acceptors (Lipinski definition) is 4. The second-order valence-corrected chi connectivity index (χ2v) is 9.66. The number of carbonyl (C=O) groups is 1. The molecule has 36 heavy (non-hydrogen) atoms. The Morgan fingerprint density at radius 3 is 2.36 bits per heavy atom. The van der Waals surface area contributed by atoms with Crippen molar-refractivity contribution in [3.05, 3.63) is 113 Å². The van der Waals surface area contributed by atoms with Gasteiger partial charge in [-0.2, -0.15) is 0 Å². The number of amides is 1. The number of hydrogen-bond donors (Lipinski definition) is 0. The summed E-state index contributed by atoms with van der Waals surface area (Å²) in [6, 6.07) is 31.9. The fraction of sp³-hybridized carbons (Fsp3) is 0.161. The zero-order chi connectivity index (χ0) is 24.9. The van der Waals surface area contributed by atoms with Crippen molar-refractivity contribution in [1.29, 1.82) is 0 Å². The van der Waals surface area contributed by atoms with Crippen molar-refractivity contribution < 1.29 is 9.53 Å². The monoisotopic (exact) mass is 492 g/mol. The molecule has 4 nitrogen and oxygen atoms in total. The van der Waals surface area contributed by atoms with Crippen molar-refractivity contribution >= 4 is 45.4 Å². The number of benzene rings is 4. The molecule has 1 heterocycles.